The Morgan fingerprint density at radius 3 is 2.09 bits per heavy atom. The molecule has 1 aromatic rings. The summed E-state index contributed by atoms with van der Waals surface area (Å²) in [6.07, 6.45) is 1.53. The quantitative estimate of drug-likeness (QED) is 0.325. The Labute approximate surface area is 215 Å². The predicted octanol–water partition coefficient (Wildman–Crippen LogP) is 4.03. The number of hydrogen-bond acceptors (Lipinski definition) is 5. The highest BCUT2D eigenvalue weighted by atomic mass is 35.5. The number of benzene rings is 1. The Balaban J connectivity index is 3.64. The third kappa shape index (κ3) is 6.32. The average Bonchev–Trinajstić information content (AvgIpc) is 2.74. The number of carboxylic acids is 1. The predicted molar refractivity (Wildman–Crippen MR) is 141 cm³/mol. The van der Waals surface area contributed by atoms with Crippen molar-refractivity contribution in [2.75, 3.05) is 14.1 Å². The van der Waals surface area contributed by atoms with Crippen LogP contribution in [0.4, 0.5) is 0 Å². The minimum atomic E-state index is -1.90. The van der Waals surface area contributed by atoms with Crippen molar-refractivity contribution in [3.63, 3.8) is 0 Å². The number of carbonyl (C=O) groups excluding carboxylic acids is 2. The number of nitrogens with two attached hydrogens (primary N) is 1. The number of ketones is 1. The van der Waals surface area contributed by atoms with Crippen LogP contribution in [-0.4, -0.2) is 59.4 Å². The molecule has 1 amide bonds. The standard InChI is InChI=1S/C27H42ClN3O4/c1-16(2)20(14-17(3)23(33)34)31(10)24(35)27(29,25(4,5)6)22(32)21(30-9)26(7,8)18-12-11-13-19(28)15-18/h11-16,20-21,30H,29H2,1-10H3,(H,33,34)/t20-,21-,27-/m1/s1. The maximum Gasteiger partial charge on any atom is 0.331 e. The van der Waals surface area contributed by atoms with E-state index in [0.717, 1.165) is 5.56 Å². The van der Waals surface area contributed by atoms with Crippen molar-refractivity contribution in [3.8, 4) is 0 Å². The van der Waals surface area contributed by atoms with Gasteiger partial charge in [-0.2, -0.15) is 0 Å². The molecule has 4 N–H and O–H groups in total. The second-order valence-corrected chi connectivity index (χ2v) is 11.6. The fourth-order valence-corrected chi connectivity index (χ4v) is 4.58. The van der Waals surface area contributed by atoms with Crippen molar-refractivity contribution in [2.45, 2.75) is 78.4 Å². The molecule has 0 aromatic heterocycles. The van der Waals surface area contributed by atoms with Crippen LogP contribution >= 0.6 is 11.6 Å². The van der Waals surface area contributed by atoms with E-state index in [4.69, 9.17) is 17.3 Å². The van der Waals surface area contributed by atoms with Crippen LogP contribution in [0.2, 0.25) is 5.02 Å². The molecule has 0 saturated carbocycles. The largest absolute Gasteiger partial charge is 0.478 e. The third-order valence-electron chi connectivity index (χ3n) is 6.96. The van der Waals surface area contributed by atoms with Crippen LogP contribution in [0.5, 0.6) is 0 Å². The van der Waals surface area contributed by atoms with Crippen molar-refractivity contribution >= 4 is 29.3 Å². The molecular formula is C27H42ClN3O4. The van der Waals surface area contributed by atoms with Gasteiger partial charge in [0.1, 0.15) is 0 Å². The molecule has 0 bridgehead atoms. The van der Waals surface area contributed by atoms with E-state index in [2.05, 4.69) is 5.32 Å². The van der Waals surface area contributed by atoms with Crippen LogP contribution in [0.1, 0.15) is 61.0 Å². The van der Waals surface area contributed by atoms with E-state index in [-0.39, 0.29) is 11.5 Å². The van der Waals surface area contributed by atoms with E-state index in [1.807, 2.05) is 39.8 Å². The highest BCUT2D eigenvalue weighted by molar-refractivity contribution is 6.30. The summed E-state index contributed by atoms with van der Waals surface area (Å²) in [5.74, 6) is -2.19. The highest BCUT2D eigenvalue weighted by Crippen LogP contribution is 2.37. The molecule has 196 valence electrons. The van der Waals surface area contributed by atoms with Crippen molar-refractivity contribution in [1.29, 1.82) is 0 Å². The molecule has 0 aliphatic heterocycles. The minimum Gasteiger partial charge on any atom is -0.478 e. The number of aliphatic carboxylic acids is 1. The molecule has 0 heterocycles. The number of likely N-dealkylation sites (N-methyl/N-ethyl adjacent to an activating group) is 2. The van der Waals surface area contributed by atoms with Gasteiger partial charge < -0.3 is 21.1 Å². The molecular weight excluding hydrogens is 466 g/mol. The molecule has 0 aliphatic carbocycles. The van der Waals surface area contributed by atoms with Crippen LogP contribution in [0.15, 0.2) is 35.9 Å². The van der Waals surface area contributed by atoms with Crippen molar-refractivity contribution in [2.24, 2.45) is 17.1 Å². The Bertz CT molecular complexity index is 981. The topological polar surface area (TPSA) is 113 Å². The van der Waals surface area contributed by atoms with Gasteiger partial charge >= 0.3 is 5.97 Å². The lowest BCUT2D eigenvalue weighted by Crippen LogP contribution is -2.72. The summed E-state index contributed by atoms with van der Waals surface area (Å²) >= 11 is 6.22. The molecule has 0 fully saturated rings. The summed E-state index contributed by atoms with van der Waals surface area (Å²) in [7, 11) is 3.23. The zero-order valence-corrected chi connectivity index (χ0v) is 23.4. The number of hydrogen-bond donors (Lipinski definition) is 3. The van der Waals surface area contributed by atoms with Crippen molar-refractivity contribution < 1.29 is 19.5 Å². The van der Waals surface area contributed by atoms with E-state index in [9.17, 15) is 19.5 Å². The number of amides is 1. The van der Waals surface area contributed by atoms with Gasteiger partial charge in [0.2, 0.25) is 0 Å². The molecule has 0 saturated heterocycles. The fraction of sp³-hybridized carbons (Fsp3) is 0.593. The lowest BCUT2D eigenvalue weighted by molar-refractivity contribution is -0.150. The molecule has 0 radical (unpaired) electrons. The lowest BCUT2D eigenvalue weighted by Gasteiger charge is -2.47. The number of Topliss-reactive ketones (excluding diaryl/α,β-unsaturated/α-hetero) is 1. The first kappa shape index (κ1) is 30.8. The van der Waals surface area contributed by atoms with Gasteiger partial charge in [-0.05, 0) is 43.0 Å². The van der Waals surface area contributed by atoms with Crippen LogP contribution in [0.3, 0.4) is 0 Å². The van der Waals surface area contributed by atoms with E-state index < -0.39 is 46.1 Å². The zero-order chi connectivity index (χ0) is 27.5. The minimum absolute atomic E-state index is 0.111. The molecule has 0 unspecified atom stereocenters. The van der Waals surface area contributed by atoms with Crippen LogP contribution in [0.25, 0.3) is 0 Å². The lowest BCUT2D eigenvalue weighted by atomic mass is 9.64. The summed E-state index contributed by atoms with van der Waals surface area (Å²) in [5.41, 5.74) is 4.18. The smallest absolute Gasteiger partial charge is 0.331 e. The molecule has 0 aliphatic rings. The van der Waals surface area contributed by atoms with E-state index in [0.29, 0.717) is 5.02 Å². The maximum absolute atomic E-state index is 14.2. The van der Waals surface area contributed by atoms with Gasteiger partial charge in [-0.25, -0.2) is 4.79 Å². The summed E-state index contributed by atoms with van der Waals surface area (Å²) in [6, 6.07) is 5.90. The van der Waals surface area contributed by atoms with E-state index in [1.54, 1.807) is 47.0 Å². The summed E-state index contributed by atoms with van der Waals surface area (Å²) < 4.78 is 0. The Morgan fingerprint density at radius 2 is 1.69 bits per heavy atom. The first-order chi connectivity index (χ1) is 15.8. The van der Waals surface area contributed by atoms with Crippen LogP contribution in [0, 0.1) is 11.3 Å². The normalized spacial score (nSPS) is 16.4. The maximum atomic E-state index is 14.2. The van der Waals surface area contributed by atoms with Crippen molar-refractivity contribution in [1.82, 2.24) is 10.2 Å². The van der Waals surface area contributed by atoms with Crippen LogP contribution in [-0.2, 0) is 19.8 Å². The number of carboxylic acid groups (broad SMARTS) is 1. The first-order valence-electron chi connectivity index (χ1n) is 11.8. The van der Waals surface area contributed by atoms with Gasteiger partial charge in [-0.3, -0.25) is 9.59 Å². The highest BCUT2D eigenvalue weighted by Gasteiger charge is 2.57. The molecule has 3 atom stereocenters. The van der Waals surface area contributed by atoms with Gasteiger partial charge in [0.15, 0.2) is 11.3 Å². The number of carbonyl (C=O) groups is 3. The summed E-state index contributed by atoms with van der Waals surface area (Å²) in [5, 5.41) is 13.0. The number of rotatable bonds is 10. The molecule has 1 aromatic carbocycles. The second kappa shape index (κ2) is 11.2. The van der Waals surface area contributed by atoms with Gasteiger partial charge in [0.25, 0.3) is 5.91 Å². The van der Waals surface area contributed by atoms with Crippen LogP contribution < -0.4 is 11.1 Å². The molecule has 1 rings (SSSR count). The monoisotopic (exact) mass is 507 g/mol. The second-order valence-electron chi connectivity index (χ2n) is 11.2. The Hall–Kier alpha value is -2.22. The van der Waals surface area contributed by atoms with Gasteiger partial charge in [-0.15, -0.1) is 0 Å². The zero-order valence-electron chi connectivity index (χ0n) is 22.7. The number of halogens is 1. The summed E-state index contributed by atoms with van der Waals surface area (Å²) in [4.78, 5) is 41.1. The van der Waals surface area contributed by atoms with Gasteiger partial charge in [-0.1, -0.05) is 78.3 Å². The molecule has 0 spiro atoms. The average molecular weight is 508 g/mol. The first-order valence-corrected chi connectivity index (χ1v) is 12.2. The van der Waals surface area contributed by atoms with E-state index >= 15 is 0 Å². The Kier molecular flexibility index (Phi) is 9.89. The third-order valence-corrected chi connectivity index (χ3v) is 7.19. The molecule has 7 nitrogen and oxygen atoms in total. The fourth-order valence-electron chi connectivity index (χ4n) is 4.39. The Morgan fingerprint density at radius 1 is 1.14 bits per heavy atom. The molecule has 8 heteroatoms. The van der Waals surface area contributed by atoms with Crippen molar-refractivity contribution in [3.05, 3.63) is 46.5 Å². The number of nitrogens with one attached hydrogen (secondary N) is 1. The number of nitrogens with zero attached hydrogens (tertiary/aromatic N) is 1. The molecule has 35 heavy (non-hydrogen) atoms. The summed E-state index contributed by atoms with van der Waals surface area (Å²) in [6.45, 7) is 14.3. The van der Waals surface area contributed by atoms with E-state index in [1.165, 1.54) is 17.9 Å². The SMILES string of the molecule is CN[C@H](C(=O)[C@@](N)(C(=O)N(C)[C@H](C=C(C)C(=O)O)C(C)C)C(C)(C)C)C(C)(C)c1cccc(Cl)c1. The van der Waals surface area contributed by atoms with Gasteiger partial charge in [0, 0.05) is 23.1 Å². The van der Waals surface area contributed by atoms with Gasteiger partial charge in [0.05, 0.1) is 12.1 Å².